The zero-order chi connectivity index (χ0) is 11.5. The van der Waals surface area contributed by atoms with E-state index in [4.69, 9.17) is 5.73 Å². The summed E-state index contributed by atoms with van der Waals surface area (Å²) in [6.45, 7) is 0. The summed E-state index contributed by atoms with van der Waals surface area (Å²) in [4.78, 5) is 0. The Morgan fingerprint density at radius 3 is 2.19 bits per heavy atom. The highest BCUT2D eigenvalue weighted by molar-refractivity contribution is 5.53. The fourth-order valence-electron chi connectivity index (χ4n) is 2.05. The molecule has 2 N–H and O–H groups in total. The van der Waals surface area contributed by atoms with Gasteiger partial charge in [-0.25, -0.2) is 8.78 Å². The summed E-state index contributed by atoms with van der Waals surface area (Å²) in [6.07, 6.45) is 5.66. The second kappa shape index (κ2) is 4.74. The fourth-order valence-corrected chi connectivity index (χ4v) is 2.05. The molecule has 86 valence electrons. The average Bonchev–Trinajstić information content (AvgIpc) is 2.20. The summed E-state index contributed by atoms with van der Waals surface area (Å²) in [7, 11) is 0. The number of hydrogen-bond acceptors (Lipinski definition) is 1. The van der Waals surface area contributed by atoms with Gasteiger partial charge < -0.3 is 5.73 Å². The molecular formula is C13H15F2N. The smallest absolute Gasteiger partial charge is 0.126 e. The van der Waals surface area contributed by atoms with Crippen LogP contribution in [0.5, 0.6) is 0 Å². The summed E-state index contributed by atoms with van der Waals surface area (Å²) < 4.78 is 25.9. The highest BCUT2D eigenvalue weighted by Gasteiger charge is 2.12. The van der Waals surface area contributed by atoms with Gasteiger partial charge in [0, 0.05) is 12.1 Å². The van der Waals surface area contributed by atoms with Gasteiger partial charge in [0.1, 0.15) is 11.6 Å². The highest BCUT2D eigenvalue weighted by atomic mass is 19.1. The van der Waals surface area contributed by atoms with Crippen molar-refractivity contribution in [3.8, 4) is 0 Å². The van der Waals surface area contributed by atoms with Crippen LogP contribution in [0, 0.1) is 11.6 Å². The third kappa shape index (κ3) is 2.89. The number of benzene rings is 1. The number of hydrogen-bond donors (Lipinski definition) is 1. The molecule has 3 heteroatoms. The van der Waals surface area contributed by atoms with Crippen LogP contribution in [0.3, 0.4) is 0 Å². The van der Waals surface area contributed by atoms with Crippen LogP contribution in [-0.4, -0.2) is 6.04 Å². The Hall–Kier alpha value is -1.22. The molecular weight excluding hydrogens is 208 g/mol. The van der Waals surface area contributed by atoms with Crippen molar-refractivity contribution in [3.63, 3.8) is 0 Å². The first-order valence-corrected chi connectivity index (χ1v) is 5.54. The molecule has 1 aliphatic rings. The van der Waals surface area contributed by atoms with E-state index in [1.165, 1.54) is 17.7 Å². The van der Waals surface area contributed by atoms with E-state index in [9.17, 15) is 8.78 Å². The summed E-state index contributed by atoms with van der Waals surface area (Å²) in [5, 5.41) is 0. The van der Waals surface area contributed by atoms with Gasteiger partial charge in [-0.05, 0) is 43.4 Å². The molecule has 2 rings (SSSR count). The monoisotopic (exact) mass is 223 g/mol. The number of rotatable bonds is 1. The fraction of sp³-hybridized carbons (Fsp3) is 0.385. The lowest BCUT2D eigenvalue weighted by Crippen LogP contribution is -2.23. The molecule has 16 heavy (non-hydrogen) atoms. The van der Waals surface area contributed by atoms with Crippen molar-refractivity contribution in [1.82, 2.24) is 0 Å². The standard InChI is InChI=1S/C13H15F2N/c14-11-6-10(7-12(15)8-11)5-9-1-3-13(16)4-2-9/h5-8,13H,1-4,16H2. The Morgan fingerprint density at radius 1 is 1.06 bits per heavy atom. The molecule has 1 nitrogen and oxygen atoms in total. The third-order valence-electron chi connectivity index (χ3n) is 2.93. The topological polar surface area (TPSA) is 26.0 Å². The maximum atomic E-state index is 13.0. The zero-order valence-electron chi connectivity index (χ0n) is 9.05. The Bertz CT molecular complexity index is 382. The minimum atomic E-state index is -0.528. The minimum Gasteiger partial charge on any atom is -0.328 e. The van der Waals surface area contributed by atoms with Crippen molar-refractivity contribution in [3.05, 3.63) is 41.0 Å². The average molecular weight is 223 g/mol. The van der Waals surface area contributed by atoms with E-state index in [0.29, 0.717) is 5.56 Å². The lowest BCUT2D eigenvalue weighted by molar-refractivity contribution is 0.514. The van der Waals surface area contributed by atoms with E-state index in [2.05, 4.69) is 0 Å². The predicted molar refractivity (Wildman–Crippen MR) is 60.8 cm³/mol. The van der Waals surface area contributed by atoms with E-state index in [-0.39, 0.29) is 6.04 Å². The van der Waals surface area contributed by atoms with E-state index >= 15 is 0 Å². The lowest BCUT2D eigenvalue weighted by atomic mass is 9.90. The molecule has 1 aromatic carbocycles. The lowest BCUT2D eigenvalue weighted by Gasteiger charge is -2.20. The highest BCUT2D eigenvalue weighted by Crippen LogP contribution is 2.24. The summed E-state index contributed by atoms with van der Waals surface area (Å²) in [5.74, 6) is -1.06. The van der Waals surface area contributed by atoms with Crippen molar-refractivity contribution in [2.24, 2.45) is 5.73 Å². The van der Waals surface area contributed by atoms with E-state index in [1.807, 2.05) is 6.08 Å². The van der Waals surface area contributed by atoms with Crippen molar-refractivity contribution < 1.29 is 8.78 Å². The number of allylic oxidation sites excluding steroid dienone is 1. The number of nitrogens with two attached hydrogens (primary N) is 1. The maximum absolute atomic E-state index is 13.0. The van der Waals surface area contributed by atoms with Crippen molar-refractivity contribution in [2.45, 2.75) is 31.7 Å². The molecule has 1 saturated carbocycles. The van der Waals surface area contributed by atoms with Crippen molar-refractivity contribution >= 4 is 6.08 Å². The second-order valence-electron chi connectivity index (χ2n) is 4.34. The van der Waals surface area contributed by atoms with Crippen LogP contribution in [0.2, 0.25) is 0 Å². The van der Waals surface area contributed by atoms with Crippen LogP contribution in [0.1, 0.15) is 31.2 Å². The van der Waals surface area contributed by atoms with Crippen LogP contribution in [0.25, 0.3) is 6.08 Å². The molecule has 0 radical (unpaired) electrons. The predicted octanol–water partition coefficient (Wildman–Crippen LogP) is 3.25. The largest absolute Gasteiger partial charge is 0.328 e. The molecule has 1 aromatic rings. The van der Waals surface area contributed by atoms with Gasteiger partial charge in [0.25, 0.3) is 0 Å². The van der Waals surface area contributed by atoms with Gasteiger partial charge in [0.2, 0.25) is 0 Å². The van der Waals surface area contributed by atoms with Gasteiger partial charge in [0.15, 0.2) is 0 Å². The molecule has 0 amide bonds. The Kier molecular flexibility index (Phi) is 3.34. The molecule has 0 aliphatic heterocycles. The van der Waals surface area contributed by atoms with Gasteiger partial charge in [0.05, 0.1) is 0 Å². The molecule has 1 fully saturated rings. The molecule has 0 aromatic heterocycles. The first-order valence-electron chi connectivity index (χ1n) is 5.54. The molecule has 0 bridgehead atoms. The molecule has 0 saturated heterocycles. The van der Waals surface area contributed by atoms with Gasteiger partial charge in [-0.15, -0.1) is 0 Å². The van der Waals surface area contributed by atoms with Gasteiger partial charge >= 0.3 is 0 Å². The Balaban J connectivity index is 2.16. The minimum absolute atomic E-state index is 0.279. The van der Waals surface area contributed by atoms with E-state index in [1.54, 1.807) is 0 Å². The molecule has 0 atom stereocenters. The van der Waals surface area contributed by atoms with Crippen molar-refractivity contribution in [2.75, 3.05) is 0 Å². The Labute approximate surface area is 94.0 Å². The van der Waals surface area contributed by atoms with E-state index in [0.717, 1.165) is 31.7 Å². The van der Waals surface area contributed by atoms with E-state index < -0.39 is 11.6 Å². The Morgan fingerprint density at radius 2 is 1.62 bits per heavy atom. The van der Waals surface area contributed by atoms with Crippen LogP contribution < -0.4 is 5.73 Å². The first kappa shape index (κ1) is 11.3. The number of halogens is 2. The summed E-state index contributed by atoms with van der Waals surface area (Å²) >= 11 is 0. The van der Waals surface area contributed by atoms with Crippen molar-refractivity contribution in [1.29, 1.82) is 0 Å². The quantitative estimate of drug-likeness (QED) is 0.777. The zero-order valence-corrected chi connectivity index (χ0v) is 9.05. The van der Waals surface area contributed by atoms with Crippen LogP contribution >= 0.6 is 0 Å². The molecule has 0 spiro atoms. The summed E-state index contributed by atoms with van der Waals surface area (Å²) in [6, 6.07) is 3.87. The summed E-state index contributed by atoms with van der Waals surface area (Å²) in [5.41, 5.74) is 7.62. The van der Waals surface area contributed by atoms with Crippen LogP contribution in [0.4, 0.5) is 8.78 Å². The van der Waals surface area contributed by atoms with Gasteiger partial charge in [-0.1, -0.05) is 11.6 Å². The van der Waals surface area contributed by atoms with Gasteiger partial charge in [-0.3, -0.25) is 0 Å². The maximum Gasteiger partial charge on any atom is 0.126 e. The normalized spacial score (nSPS) is 20.9. The van der Waals surface area contributed by atoms with Crippen LogP contribution in [-0.2, 0) is 0 Å². The SMILES string of the molecule is NC1CCC(=Cc2cc(F)cc(F)c2)CC1. The second-order valence-corrected chi connectivity index (χ2v) is 4.34. The third-order valence-corrected chi connectivity index (χ3v) is 2.93. The molecule has 1 aliphatic carbocycles. The van der Waals surface area contributed by atoms with Gasteiger partial charge in [-0.2, -0.15) is 0 Å². The molecule has 0 unspecified atom stereocenters. The van der Waals surface area contributed by atoms with Crippen LogP contribution in [0.15, 0.2) is 23.8 Å². The molecule has 0 heterocycles. The first-order chi connectivity index (χ1) is 7.63.